The molecular weight excluding hydrogens is 464 g/mol. The van der Waals surface area contributed by atoms with Crippen LogP contribution in [0.1, 0.15) is 19.4 Å². The van der Waals surface area contributed by atoms with Crippen LogP contribution in [0.3, 0.4) is 0 Å². The minimum absolute atomic E-state index is 0.0890. The number of nitrogens with zero attached hydrogens (tertiary/aromatic N) is 3. The Bertz CT molecular complexity index is 1240. The topological polar surface area (TPSA) is 105 Å². The predicted octanol–water partition coefficient (Wildman–Crippen LogP) is 4.61. The molecule has 0 bridgehead atoms. The second-order valence-corrected chi connectivity index (χ2v) is 8.15. The van der Waals surface area contributed by atoms with Gasteiger partial charge >= 0.3 is 0 Å². The van der Waals surface area contributed by atoms with Crippen molar-refractivity contribution in [3.63, 3.8) is 0 Å². The number of benzene rings is 2. The third-order valence-electron chi connectivity index (χ3n) is 5.13. The third kappa shape index (κ3) is 6.68. The van der Waals surface area contributed by atoms with E-state index in [0.717, 1.165) is 11.3 Å². The Morgan fingerprint density at radius 1 is 1.14 bits per heavy atom. The summed E-state index contributed by atoms with van der Waals surface area (Å²) < 4.78 is 11.0. The zero-order valence-electron chi connectivity index (χ0n) is 19.8. The first-order chi connectivity index (χ1) is 17.0. The minimum Gasteiger partial charge on any atom is -0.493 e. The highest BCUT2D eigenvalue weighted by atomic mass is 32.1. The summed E-state index contributed by atoms with van der Waals surface area (Å²) in [5.74, 6) is 0.0909. The number of likely N-dealkylation sites (N-methyl/N-ethyl adjacent to an activating group) is 1. The maximum atomic E-state index is 12.7. The molecule has 0 radical (unpaired) electrons. The van der Waals surface area contributed by atoms with Gasteiger partial charge in [0.25, 0.3) is 11.8 Å². The Kier molecular flexibility index (Phi) is 8.98. The lowest BCUT2D eigenvalue weighted by molar-refractivity contribution is -0.133. The van der Waals surface area contributed by atoms with Gasteiger partial charge < -0.3 is 14.4 Å². The van der Waals surface area contributed by atoms with Gasteiger partial charge in [0.1, 0.15) is 11.6 Å². The second kappa shape index (κ2) is 12.3. The summed E-state index contributed by atoms with van der Waals surface area (Å²) in [5.41, 5.74) is 2.16. The Balaban J connectivity index is 1.71. The highest BCUT2D eigenvalue weighted by Gasteiger charge is 2.15. The number of hydrogen-bond acceptors (Lipinski definition) is 7. The van der Waals surface area contributed by atoms with Gasteiger partial charge in [-0.3, -0.25) is 14.9 Å². The quantitative estimate of drug-likeness (QED) is 0.329. The van der Waals surface area contributed by atoms with E-state index in [-0.39, 0.29) is 18.1 Å². The lowest BCUT2D eigenvalue weighted by Crippen LogP contribution is -2.34. The van der Waals surface area contributed by atoms with Crippen molar-refractivity contribution in [2.24, 2.45) is 0 Å². The van der Waals surface area contributed by atoms with Crippen molar-refractivity contribution < 1.29 is 19.1 Å². The molecule has 3 aromatic rings. The Hall–Kier alpha value is -4.16. The van der Waals surface area contributed by atoms with E-state index < -0.39 is 5.91 Å². The molecule has 1 heterocycles. The van der Waals surface area contributed by atoms with Crippen LogP contribution in [0.25, 0.3) is 17.3 Å². The molecule has 180 valence electrons. The Labute approximate surface area is 208 Å². The van der Waals surface area contributed by atoms with E-state index in [2.05, 4.69) is 10.3 Å². The number of nitriles is 1. The summed E-state index contributed by atoms with van der Waals surface area (Å²) in [7, 11) is 1.48. The van der Waals surface area contributed by atoms with Crippen molar-refractivity contribution in [1.29, 1.82) is 5.26 Å². The average molecular weight is 491 g/mol. The molecule has 35 heavy (non-hydrogen) atoms. The van der Waals surface area contributed by atoms with Crippen molar-refractivity contribution in [2.45, 2.75) is 13.8 Å². The number of carbonyl (C=O) groups is 2. The zero-order chi connectivity index (χ0) is 25.2. The van der Waals surface area contributed by atoms with Gasteiger partial charge in [0.15, 0.2) is 23.2 Å². The number of ether oxygens (including phenoxy) is 2. The molecule has 8 nitrogen and oxygen atoms in total. The monoisotopic (exact) mass is 490 g/mol. The number of methoxy groups -OCH3 is 1. The van der Waals surface area contributed by atoms with Crippen molar-refractivity contribution in [3.05, 3.63) is 65.0 Å². The molecule has 0 aliphatic rings. The zero-order valence-corrected chi connectivity index (χ0v) is 20.6. The predicted molar refractivity (Wildman–Crippen MR) is 136 cm³/mol. The molecular formula is C26H26N4O4S. The van der Waals surface area contributed by atoms with Gasteiger partial charge in [-0.2, -0.15) is 5.26 Å². The fourth-order valence-corrected chi connectivity index (χ4v) is 3.97. The summed E-state index contributed by atoms with van der Waals surface area (Å²) in [4.78, 5) is 31.0. The van der Waals surface area contributed by atoms with Crippen molar-refractivity contribution >= 4 is 34.4 Å². The van der Waals surface area contributed by atoms with Crippen LogP contribution in [-0.2, 0) is 9.59 Å². The van der Waals surface area contributed by atoms with Gasteiger partial charge in [-0.25, -0.2) is 4.98 Å². The van der Waals surface area contributed by atoms with E-state index in [0.29, 0.717) is 35.3 Å². The highest BCUT2D eigenvalue weighted by molar-refractivity contribution is 7.14. The average Bonchev–Trinajstić information content (AvgIpc) is 3.35. The first-order valence-corrected chi connectivity index (χ1v) is 11.9. The molecule has 0 atom stereocenters. The summed E-state index contributed by atoms with van der Waals surface area (Å²) in [6.45, 7) is 4.91. The molecule has 1 N–H and O–H groups in total. The third-order valence-corrected chi connectivity index (χ3v) is 5.88. The van der Waals surface area contributed by atoms with Gasteiger partial charge in [0, 0.05) is 24.0 Å². The van der Waals surface area contributed by atoms with Gasteiger partial charge in [0.05, 0.1) is 12.8 Å². The van der Waals surface area contributed by atoms with Crippen LogP contribution in [-0.4, -0.2) is 48.5 Å². The van der Waals surface area contributed by atoms with Crippen LogP contribution in [0.4, 0.5) is 5.13 Å². The van der Waals surface area contributed by atoms with Gasteiger partial charge in [-0.1, -0.05) is 36.4 Å². The number of aromatic nitrogens is 1. The maximum Gasteiger partial charge on any atom is 0.268 e. The van der Waals surface area contributed by atoms with Crippen LogP contribution >= 0.6 is 11.3 Å². The summed E-state index contributed by atoms with van der Waals surface area (Å²) in [5, 5.41) is 14.5. The molecule has 0 saturated carbocycles. The number of hydrogen-bond donors (Lipinski definition) is 1. The van der Waals surface area contributed by atoms with E-state index in [9.17, 15) is 14.9 Å². The lowest BCUT2D eigenvalue weighted by Gasteiger charge is -2.19. The number of rotatable bonds is 10. The first kappa shape index (κ1) is 25.5. The van der Waals surface area contributed by atoms with Crippen molar-refractivity contribution in [3.8, 4) is 28.8 Å². The summed E-state index contributed by atoms with van der Waals surface area (Å²) >= 11 is 1.28. The van der Waals surface area contributed by atoms with E-state index >= 15 is 0 Å². The molecule has 0 aliphatic heterocycles. The van der Waals surface area contributed by atoms with Crippen LogP contribution in [0.15, 0.2) is 59.5 Å². The number of carbonyl (C=O) groups excluding carboxylic acids is 2. The summed E-state index contributed by atoms with van der Waals surface area (Å²) in [6.07, 6.45) is 1.45. The molecule has 9 heteroatoms. The molecule has 0 aliphatic carbocycles. The van der Waals surface area contributed by atoms with Gasteiger partial charge in [-0.05, 0) is 37.6 Å². The van der Waals surface area contributed by atoms with Crippen LogP contribution in [0.2, 0.25) is 0 Å². The molecule has 3 rings (SSSR count). The SMILES string of the molecule is CCN(CC)C(=O)COc1ccc(/C=C(\C#N)C(=O)Nc2nc(-c3ccccc3)cs2)cc1OC. The van der Waals surface area contributed by atoms with Crippen LogP contribution < -0.4 is 14.8 Å². The maximum absolute atomic E-state index is 12.7. The van der Waals surface area contributed by atoms with Gasteiger partial charge in [0.2, 0.25) is 0 Å². The van der Waals surface area contributed by atoms with Crippen molar-refractivity contribution in [1.82, 2.24) is 9.88 Å². The van der Waals surface area contributed by atoms with E-state index in [1.165, 1.54) is 24.5 Å². The number of thiazole rings is 1. The largest absolute Gasteiger partial charge is 0.493 e. The normalized spacial score (nSPS) is 10.9. The number of anilines is 1. The smallest absolute Gasteiger partial charge is 0.268 e. The minimum atomic E-state index is -0.564. The van der Waals surface area contributed by atoms with Crippen LogP contribution in [0.5, 0.6) is 11.5 Å². The highest BCUT2D eigenvalue weighted by Crippen LogP contribution is 2.29. The van der Waals surface area contributed by atoms with Gasteiger partial charge in [-0.15, -0.1) is 11.3 Å². The second-order valence-electron chi connectivity index (χ2n) is 7.29. The van der Waals surface area contributed by atoms with E-state index in [1.54, 1.807) is 23.1 Å². The number of amides is 2. The summed E-state index contributed by atoms with van der Waals surface area (Å²) in [6, 6.07) is 16.5. The molecule has 0 unspecified atom stereocenters. The molecule has 2 amide bonds. The molecule has 2 aromatic carbocycles. The Morgan fingerprint density at radius 3 is 2.54 bits per heavy atom. The van der Waals surface area contributed by atoms with E-state index in [4.69, 9.17) is 9.47 Å². The number of nitrogens with one attached hydrogen (secondary N) is 1. The fraction of sp³-hybridized carbons (Fsp3) is 0.231. The first-order valence-electron chi connectivity index (χ1n) is 11.0. The standard InChI is InChI=1S/C26H26N4O4S/c1-4-30(5-2)24(31)16-34-22-12-11-18(14-23(22)33-3)13-20(15-27)25(32)29-26-28-21(17-35-26)19-9-7-6-8-10-19/h6-14,17H,4-5,16H2,1-3H3,(H,28,29,32)/b20-13+. The molecule has 1 aromatic heterocycles. The molecule has 0 spiro atoms. The Morgan fingerprint density at radius 2 is 1.89 bits per heavy atom. The van der Waals surface area contributed by atoms with E-state index in [1.807, 2.05) is 55.6 Å². The van der Waals surface area contributed by atoms with Crippen LogP contribution in [0, 0.1) is 11.3 Å². The van der Waals surface area contributed by atoms with Crippen molar-refractivity contribution in [2.75, 3.05) is 32.1 Å². The molecule has 0 saturated heterocycles. The lowest BCUT2D eigenvalue weighted by atomic mass is 10.1. The molecule has 0 fully saturated rings. The fourth-order valence-electron chi connectivity index (χ4n) is 3.25.